The third-order valence-electron chi connectivity index (χ3n) is 3.88. The fourth-order valence-corrected chi connectivity index (χ4v) is 5.46. The van der Waals surface area contributed by atoms with Crippen molar-refractivity contribution in [2.45, 2.75) is 29.2 Å². The number of sulfone groups is 1. The van der Waals surface area contributed by atoms with Crippen LogP contribution in [0.4, 0.5) is 0 Å². The third-order valence-corrected chi connectivity index (χ3v) is 7.41. The zero-order valence-electron chi connectivity index (χ0n) is 13.7. The van der Waals surface area contributed by atoms with Crippen LogP contribution in [-0.4, -0.2) is 27.7 Å². The summed E-state index contributed by atoms with van der Waals surface area (Å²) in [6.07, 6.45) is 1.07. The molecule has 6 nitrogen and oxygen atoms in total. The smallest absolute Gasteiger partial charge is 0.231 e. The molecule has 0 fully saturated rings. The molecule has 0 radical (unpaired) electrons. The lowest BCUT2D eigenvalue weighted by Gasteiger charge is -2.18. The predicted octanol–water partition coefficient (Wildman–Crippen LogP) is 2.91. The van der Waals surface area contributed by atoms with Gasteiger partial charge in [-0.15, -0.1) is 11.3 Å². The van der Waals surface area contributed by atoms with E-state index in [1.807, 2.05) is 6.92 Å². The van der Waals surface area contributed by atoms with Crippen LogP contribution >= 0.6 is 11.3 Å². The molecule has 0 spiro atoms. The van der Waals surface area contributed by atoms with Crippen molar-refractivity contribution in [3.63, 3.8) is 0 Å². The number of hydrogen-bond donors (Lipinski definition) is 1. The normalized spacial score (nSPS) is 14.3. The Morgan fingerprint density at radius 2 is 2.08 bits per heavy atom. The Bertz CT molecular complexity index is 846. The van der Waals surface area contributed by atoms with Crippen LogP contribution in [0.3, 0.4) is 0 Å². The van der Waals surface area contributed by atoms with Crippen molar-refractivity contribution in [1.82, 2.24) is 5.32 Å². The first-order chi connectivity index (χ1) is 12.0. The zero-order valence-corrected chi connectivity index (χ0v) is 15.4. The largest absolute Gasteiger partial charge is 0.454 e. The molecule has 1 aromatic carbocycles. The minimum absolute atomic E-state index is 0.0126. The lowest BCUT2D eigenvalue weighted by Crippen LogP contribution is -2.31. The molecule has 3 rings (SSSR count). The van der Waals surface area contributed by atoms with Crippen LogP contribution < -0.4 is 14.8 Å². The Labute approximate surface area is 150 Å². The number of carbonyl (C=O) groups is 1. The van der Waals surface area contributed by atoms with E-state index in [-0.39, 0.29) is 23.5 Å². The van der Waals surface area contributed by atoms with E-state index < -0.39 is 15.1 Å². The lowest BCUT2D eigenvalue weighted by molar-refractivity contribution is -0.121. The molecule has 0 unspecified atom stereocenters. The van der Waals surface area contributed by atoms with Crippen LogP contribution in [-0.2, 0) is 14.6 Å². The van der Waals surface area contributed by atoms with Gasteiger partial charge in [0.1, 0.15) is 9.46 Å². The summed E-state index contributed by atoms with van der Waals surface area (Å²) >= 11 is 1.17. The Hall–Kier alpha value is -2.06. The second-order valence-corrected chi connectivity index (χ2v) is 8.94. The molecule has 0 aliphatic carbocycles. The van der Waals surface area contributed by atoms with Crippen molar-refractivity contribution in [2.24, 2.45) is 0 Å². The number of nitrogens with one attached hydrogen (secondary N) is 1. The van der Waals surface area contributed by atoms with Crippen molar-refractivity contribution in [3.8, 4) is 11.5 Å². The van der Waals surface area contributed by atoms with Gasteiger partial charge >= 0.3 is 0 Å². The van der Waals surface area contributed by atoms with Crippen LogP contribution in [0.2, 0.25) is 0 Å². The lowest BCUT2D eigenvalue weighted by atomic mass is 10.1. The summed E-state index contributed by atoms with van der Waals surface area (Å²) < 4.78 is 37.0. The van der Waals surface area contributed by atoms with Crippen molar-refractivity contribution in [1.29, 1.82) is 0 Å². The Balaban J connectivity index is 1.93. The number of amides is 1. The number of benzene rings is 1. The molecular formula is C17H19NO5S2. The molecule has 8 heteroatoms. The summed E-state index contributed by atoms with van der Waals surface area (Å²) in [6.45, 7) is 2.03. The van der Waals surface area contributed by atoms with E-state index in [0.29, 0.717) is 29.9 Å². The molecule has 2 aromatic rings. The molecule has 0 saturated heterocycles. The molecule has 0 bridgehead atoms. The van der Waals surface area contributed by atoms with E-state index in [0.717, 1.165) is 0 Å². The van der Waals surface area contributed by atoms with Crippen LogP contribution in [0.1, 0.15) is 30.6 Å². The molecule has 1 amide bonds. The number of carbonyl (C=O) groups excluding carboxylic acids is 1. The molecule has 1 aromatic heterocycles. The highest BCUT2D eigenvalue weighted by atomic mass is 32.2. The first-order valence-corrected chi connectivity index (χ1v) is 10.4. The summed E-state index contributed by atoms with van der Waals surface area (Å²) in [7, 11) is -3.63. The van der Waals surface area contributed by atoms with Crippen LogP contribution in [0.15, 0.2) is 39.9 Å². The second-order valence-electron chi connectivity index (χ2n) is 5.63. The van der Waals surface area contributed by atoms with Crippen LogP contribution in [0.5, 0.6) is 11.5 Å². The molecule has 1 atom stereocenters. The maximum absolute atomic E-state index is 13.1. The summed E-state index contributed by atoms with van der Waals surface area (Å²) in [5.41, 5.74) is 0.564. The summed E-state index contributed by atoms with van der Waals surface area (Å²) in [5, 5.41) is 3.57. The number of ether oxygens (including phenoxy) is 2. The standard InChI is InChI=1S/C17H19NO5S2/c1-2-4-16(19)18-10-15(25(20,21)17-5-3-8-24-17)12-6-7-13-14(9-12)23-11-22-13/h3,5-9,15H,2,4,10-11H2,1H3,(H,18,19)/t15-/m1/s1. The third kappa shape index (κ3) is 3.80. The van der Waals surface area contributed by atoms with E-state index in [1.165, 1.54) is 11.3 Å². The second kappa shape index (κ2) is 7.45. The Morgan fingerprint density at radius 3 is 2.80 bits per heavy atom. The van der Waals surface area contributed by atoms with Gasteiger partial charge in [0.15, 0.2) is 21.3 Å². The number of fused-ring (bicyclic) bond motifs is 1. The molecule has 25 heavy (non-hydrogen) atoms. The summed E-state index contributed by atoms with van der Waals surface area (Å²) in [6, 6.07) is 8.35. The van der Waals surface area contributed by atoms with E-state index in [2.05, 4.69) is 5.32 Å². The van der Waals surface area contributed by atoms with E-state index in [1.54, 1.807) is 35.7 Å². The van der Waals surface area contributed by atoms with Crippen molar-refractivity contribution in [3.05, 3.63) is 41.3 Å². The first-order valence-electron chi connectivity index (χ1n) is 7.96. The van der Waals surface area contributed by atoms with Crippen molar-refractivity contribution in [2.75, 3.05) is 13.3 Å². The van der Waals surface area contributed by atoms with Gasteiger partial charge < -0.3 is 14.8 Å². The monoisotopic (exact) mass is 381 g/mol. The van der Waals surface area contributed by atoms with Crippen LogP contribution in [0, 0.1) is 0 Å². The maximum Gasteiger partial charge on any atom is 0.231 e. The number of hydrogen-bond acceptors (Lipinski definition) is 6. The van der Waals surface area contributed by atoms with Crippen molar-refractivity contribution >= 4 is 27.1 Å². The van der Waals surface area contributed by atoms with Gasteiger partial charge in [-0.3, -0.25) is 4.79 Å². The SMILES string of the molecule is CCCC(=O)NC[C@H](c1ccc2c(c1)OCO2)S(=O)(=O)c1cccs1. The molecule has 2 heterocycles. The van der Waals surface area contributed by atoms with E-state index in [4.69, 9.17) is 9.47 Å². The maximum atomic E-state index is 13.1. The van der Waals surface area contributed by atoms with Gasteiger partial charge in [-0.25, -0.2) is 8.42 Å². The van der Waals surface area contributed by atoms with Gasteiger partial charge in [0.25, 0.3) is 0 Å². The fourth-order valence-electron chi connectivity index (χ4n) is 2.61. The van der Waals surface area contributed by atoms with Gasteiger partial charge in [0.2, 0.25) is 12.7 Å². The van der Waals surface area contributed by atoms with Gasteiger partial charge in [-0.2, -0.15) is 0 Å². The Morgan fingerprint density at radius 1 is 1.28 bits per heavy atom. The molecule has 134 valence electrons. The van der Waals surface area contributed by atoms with Crippen molar-refractivity contribution < 1.29 is 22.7 Å². The van der Waals surface area contributed by atoms with E-state index >= 15 is 0 Å². The zero-order chi connectivity index (χ0) is 17.9. The highest BCUT2D eigenvalue weighted by Gasteiger charge is 2.31. The van der Waals surface area contributed by atoms with Gasteiger partial charge in [0.05, 0.1) is 0 Å². The first kappa shape index (κ1) is 17.8. The minimum atomic E-state index is -3.63. The van der Waals surface area contributed by atoms with Crippen LogP contribution in [0.25, 0.3) is 0 Å². The number of rotatable bonds is 7. The average Bonchev–Trinajstić information content (AvgIpc) is 3.26. The predicted molar refractivity (Wildman–Crippen MR) is 94.7 cm³/mol. The highest BCUT2D eigenvalue weighted by molar-refractivity contribution is 7.93. The Kier molecular flexibility index (Phi) is 5.29. The number of thiophene rings is 1. The molecular weight excluding hydrogens is 362 g/mol. The molecule has 1 N–H and O–H groups in total. The minimum Gasteiger partial charge on any atom is -0.454 e. The van der Waals surface area contributed by atoms with E-state index in [9.17, 15) is 13.2 Å². The molecule has 1 aliphatic heterocycles. The van der Waals surface area contributed by atoms with Gasteiger partial charge in [-0.05, 0) is 35.6 Å². The quantitative estimate of drug-likeness (QED) is 0.797. The average molecular weight is 381 g/mol. The summed E-state index contributed by atoms with van der Waals surface area (Å²) in [5.74, 6) is 0.949. The topological polar surface area (TPSA) is 81.7 Å². The summed E-state index contributed by atoms with van der Waals surface area (Å²) in [4.78, 5) is 11.8. The molecule has 1 aliphatic rings. The van der Waals surface area contributed by atoms with Gasteiger partial charge in [0, 0.05) is 13.0 Å². The molecule has 0 saturated carbocycles. The van der Waals surface area contributed by atoms with Gasteiger partial charge in [-0.1, -0.05) is 19.1 Å². The highest BCUT2D eigenvalue weighted by Crippen LogP contribution is 2.38. The fraction of sp³-hybridized carbons (Fsp3) is 0.353.